The maximum Gasteiger partial charge on any atom is 0.308 e. The summed E-state index contributed by atoms with van der Waals surface area (Å²) in [5.74, 6) is -1.58. The largest absolute Gasteiger partial charge is 0.481 e. The Morgan fingerprint density at radius 2 is 2.00 bits per heavy atom. The van der Waals surface area contributed by atoms with E-state index in [1.807, 2.05) is 6.92 Å². The molecule has 1 aromatic carbocycles. The fourth-order valence-corrected chi connectivity index (χ4v) is 2.66. The maximum atomic E-state index is 12.1. The van der Waals surface area contributed by atoms with Gasteiger partial charge in [-0.05, 0) is 29.7 Å². The number of rotatable bonds is 3. The molecule has 0 aromatic heterocycles. The lowest BCUT2D eigenvalue weighted by Crippen LogP contribution is -2.28. The summed E-state index contributed by atoms with van der Waals surface area (Å²) < 4.78 is 0. The summed E-state index contributed by atoms with van der Waals surface area (Å²) in [6.45, 7) is 2.55. The summed E-state index contributed by atoms with van der Waals surface area (Å²) in [5.41, 5.74) is 0.764. The summed E-state index contributed by atoms with van der Waals surface area (Å²) in [4.78, 5) is 24.7. The first-order chi connectivity index (χ1) is 9.88. The van der Waals surface area contributed by atoms with Gasteiger partial charge in [0, 0.05) is 19.2 Å². The summed E-state index contributed by atoms with van der Waals surface area (Å²) in [7, 11) is 0. The first-order valence-corrected chi connectivity index (χ1v) is 7.29. The van der Waals surface area contributed by atoms with Crippen molar-refractivity contribution in [2.24, 2.45) is 11.8 Å². The van der Waals surface area contributed by atoms with E-state index < -0.39 is 11.9 Å². The molecule has 0 saturated carbocycles. The Kier molecular flexibility index (Phi) is 4.91. The molecule has 1 aromatic rings. The number of nitrogens with zero attached hydrogens (tertiary/aromatic N) is 1. The van der Waals surface area contributed by atoms with Gasteiger partial charge in [-0.2, -0.15) is 0 Å². The number of hydrogen-bond donors (Lipinski definition) is 1. The average molecular weight is 328 g/mol. The predicted octanol–water partition coefficient (Wildman–Crippen LogP) is 3.19. The zero-order valence-electron chi connectivity index (χ0n) is 11.4. The van der Waals surface area contributed by atoms with Gasteiger partial charge in [0.2, 0.25) is 5.91 Å². The summed E-state index contributed by atoms with van der Waals surface area (Å²) >= 11 is 11.7. The van der Waals surface area contributed by atoms with Crippen molar-refractivity contribution in [3.63, 3.8) is 0 Å². The topological polar surface area (TPSA) is 57.6 Å². The lowest BCUT2D eigenvalue weighted by molar-refractivity contribution is -0.142. The molecule has 0 bridgehead atoms. The van der Waals surface area contributed by atoms with Crippen LogP contribution in [0.2, 0.25) is 10.0 Å². The van der Waals surface area contributed by atoms with Gasteiger partial charge in [-0.15, -0.1) is 0 Å². The minimum atomic E-state index is -0.855. The highest BCUT2D eigenvalue weighted by Crippen LogP contribution is 2.25. The molecule has 1 heterocycles. The van der Waals surface area contributed by atoms with Crippen LogP contribution in [0.1, 0.15) is 12.5 Å². The van der Waals surface area contributed by atoms with Crippen LogP contribution in [0.25, 0.3) is 6.08 Å². The molecule has 2 unspecified atom stereocenters. The number of likely N-dealkylation sites (tertiary alicyclic amines) is 1. The van der Waals surface area contributed by atoms with E-state index in [4.69, 9.17) is 28.3 Å². The van der Waals surface area contributed by atoms with Gasteiger partial charge in [0.15, 0.2) is 0 Å². The van der Waals surface area contributed by atoms with E-state index >= 15 is 0 Å². The minimum absolute atomic E-state index is 0.0372. The number of amides is 1. The molecular formula is C15H15Cl2NO3. The van der Waals surface area contributed by atoms with Crippen molar-refractivity contribution < 1.29 is 14.7 Å². The normalized spacial score (nSPS) is 22.0. The predicted molar refractivity (Wildman–Crippen MR) is 82.4 cm³/mol. The summed E-state index contributed by atoms with van der Waals surface area (Å²) in [6, 6.07) is 5.08. The first kappa shape index (κ1) is 15.9. The quantitative estimate of drug-likeness (QED) is 0.867. The smallest absolute Gasteiger partial charge is 0.308 e. The Bertz CT molecular complexity index is 601. The SMILES string of the molecule is CC1CN(C(=O)C=Cc2ccc(Cl)c(Cl)c2)CC1C(=O)O. The molecule has 1 N–H and O–H groups in total. The van der Waals surface area contributed by atoms with Gasteiger partial charge in [-0.3, -0.25) is 9.59 Å². The first-order valence-electron chi connectivity index (χ1n) is 6.53. The number of halogens is 2. The van der Waals surface area contributed by atoms with Crippen LogP contribution in [-0.4, -0.2) is 35.0 Å². The van der Waals surface area contributed by atoms with E-state index in [9.17, 15) is 9.59 Å². The van der Waals surface area contributed by atoms with Gasteiger partial charge in [0.25, 0.3) is 0 Å². The van der Waals surface area contributed by atoms with E-state index in [-0.39, 0.29) is 18.4 Å². The third-order valence-electron chi connectivity index (χ3n) is 3.60. The highest BCUT2D eigenvalue weighted by atomic mass is 35.5. The number of aliphatic carboxylic acids is 1. The van der Waals surface area contributed by atoms with E-state index in [1.54, 1.807) is 29.2 Å². The second kappa shape index (κ2) is 6.50. The minimum Gasteiger partial charge on any atom is -0.481 e. The molecule has 21 heavy (non-hydrogen) atoms. The zero-order chi connectivity index (χ0) is 15.6. The number of carboxylic acids is 1. The summed E-state index contributed by atoms with van der Waals surface area (Å²) in [6.07, 6.45) is 3.07. The van der Waals surface area contributed by atoms with Crippen molar-refractivity contribution >= 4 is 41.2 Å². The Labute approximate surface area is 133 Å². The number of carboxylic acid groups (broad SMARTS) is 1. The number of benzene rings is 1. The number of carbonyl (C=O) groups is 2. The van der Waals surface area contributed by atoms with Gasteiger partial charge in [-0.25, -0.2) is 0 Å². The molecule has 2 rings (SSSR count). The van der Waals surface area contributed by atoms with Crippen LogP contribution in [0.4, 0.5) is 0 Å². The third-order valence-corrected chi connectivity index (χ3v) is 4.34. The standard InChI is InChI=1S/C15H15Cl2NO3/c1-9-7-18(8-11(9)15(20)21)14(19)5-3-10-2-4-12(16)13(17)6-10/h2-6,9,11H,7-8H2,1H3,(H,20,21). The molecule has 0 spiro atoms. The average Bonchev–Trinajstić information content (AvgIpc) is 2.82. The second-order valence-electron chi connectivity index (χ2n) is 5.17. The Balaban J connectivity index is 2.03. The van der Waals surface area contributed by atoms with Crippen molar-refractivity contribution in [1.29, 1.82) is 0 Å². The van der Waals surface area contributed by atoms with Crippen LogP contribution in [-0.2, 0) is 9.59 Å². The zero-order valence-corrected chi connectivity index (χ0v) is 12.9. The Hall–Kier alpha value is -1.52. The van der Waals surface area contributed by atoms with Crippen LogP contribution >= 0.6 is 23.2 Å². The van der Waals surface area contributed by atoms with E-state index in [0.29, 0.717) is 16.6 Å². The third kappa shape index (κ3) is 3.77. The molecule has 1 aliphatic rings. The van der Waals surface area contributed by atoms with Gasteiger partial charge in [0.1, 0.15) is 0 Å². The molecule has 4 nitrogen and oxygen atoms in total. The fraction of sp³-hybridized carbons (Fsp3) is 0.333. The number of hydrogen-bond acceptors (Lipinski definition) is 2. The molecule has 6 heteroatoms. The van der Waals surface area contributed by atoms with Crippen LogP contribution in [0, 0.1) is 11.8 Å². The molecule has 1 fully saturated rings. The monoisotopic (exact) mass is 327 g/mol. The van der Waals surface area contributed by atoms with Crippen molar-refractivity contribution in [2.45, 2.75) is 6.92 Å². The Morgan fingerprint density at radius 1 is 1.29 bits per heavy atom. The van der Waals surface area contributed by atoms with Crippen LogP contribution in [0.15, 0.2) is 24.3 Å². The van der Waals surface area contributed by atoms with E-state index in [0.717, 1.165) is 5.56 Å². The molecule has 1 aliphatic heterocycles. The van der Waals surface area contributed by atoms with Crippen LogP contribution < -0.4 is 0 Å². The lowest BCUT2D eigenvalue weighted by Gasteiger charge is -2.12. The molecule has 1 amide bonds. The molecule has 112 valence electrons. The van der Waals surface area contributed by atoms with Crippen LogP contribution in [0.5, 0.6) is 0 Å². The maximum absolute atomic E-state index is 12.1. The van der Waals surface area contributed by atoms with Gasteiger partial charge in [-0.1, -0.05) is 36.2 Å². The Morgan fingerprint density at radius 3 is 2.57 bits per heavy atom. The second-order valence-corrected chi connectivity index (χ2v) is 5.99. The van der Waals surface area contributed by atoms with Gasteiger partial charge >= 0.3 is 5.97 Å². The van der Waals surface area contributed by atoms with Crippen LogP contribution in [0.3, 0.4) is 0 Å². The highest BCUT2D eigenvalue weighted by molar-refractivity contribution is 6.42. The molecule has 1 saturated heterocycles. The molecule has 2 atom stereocenters. The van der Waals surface area contributed by atoms with E-state index in [2.05, 4.69) is 0 Å². The van der Waals surface area contributed by atoms with Gasteiger partial charge in [0.05, 0.1) is 16.0 Å². The van der Waals surface area contributed by atoms with Gasteiger partial charge < -0.3 is 10.0 Å². The molecular weight excluding hydrogens is 313 g/mol. The van der Waals surface area contributed by atoms with Crippen molar-refractivity contribution in [1.82, 2.24) is 4.90 Å². The summed E-state index contributed by atoms with van der Waals surface area (Å²) in [5, 5.41) is 9.94. The van der Waals surface area contributed by atoms with Crippen molar-refractivity contribution in [3.05, 3.63) is 39.9 Å². The highest BCUT2D eigenvalue weighted by Gasteiger charge is 2.36. The molecule has 0 aliphatic carbocycles. The fourth-order valence-electron chi connectivity index (χ4n) is 2.36. The van der Waals surface area contributed by atoms with Crippen molar-refractivity contribution in [3.8, 4) is 0 Å². The molecule has 0 radical (unpaired) electrons. The number of carbonyl (C=O) groups excluding carboxylic acids is 1. The van der Waals surface area contributed by atoms with E-state index in [1.165, 1.54) is 6.08 Å². The lowest BCUT2D eigenvalue weighted by atomic mass is 9.99. The van der Waals surface area contributed by atoms with Crippen molar-refractivity contribution in [2.75, 3.05) is 13.1 Å².